The molecule has 0 radical (unpaired) electrons. The SMILES string of the molecule is Cc1ccc([C@H](C(=O)NC2CCCC2)N(C(=O)c2snc(C(N)=O)c2N)c2ccc(C)cc2)cc1. The number of rotatable bonds is 7. The van der Waals surface area contributed by atoms with E-state index in [0.717, 1.165) is 48.3 Å². The lowest BCUT2D eigenvalue weighted by atomic mass is 10.0. The van der Waals surface area contributed by atoms with Crippen LogP contribution in [0.3, 0.4) is 0 Å². The van der Waals surface area contributed by atoms with Gasteiger partial charge in [-0.25, -0.2) is 0 Å². The Kier molecular flexibility index (Phi) is 7.16. The van der Waals surface area contributed by atoms with Gasteiger partial charge < -0.3 is 16.8 Å². The van der Waals surface area contributed by atoms with E-state index in [1.807, 2.05) is 50.2 Å². The Morgan fingerprint density at radius 2 is 1.57 bits per heavy atom. The van der Waals surface area contributed by atoms with Crippen LogP contribution in [0.5, 0.6) is 0 Å². The summed E-state index contributed by atoms with van der Waals surface area (Å²) in [5.74, 6) is -1.61. The highest BCUT2D eigenvalue weighted by atomic mass is 32.1. The first kappa shape index (κ1) is 24.4. The van der Waals surface area contributed by atoms with E-state index >= 15 is 0 Å². The third-order valence-electron chi connectivity index (χ3n) is 6.29. The minimum absolute atomic E-state index is 0.0603. The summed E-state index contributed by atoms with van der Waals surface area (Å²) in [7, 11) is 0. The van der Waals surface area contributed by atoms with Crippen molar-refractivity contribution in [1.82, 2.24) is 9.69 Å². The molecule has 8 nitrogen and oxygen atoms in total. The molecule has 3 amide bonds. The molecule has 1 atom stereocenters. The van der Waals surface area contributed by atoms with E-state index in [4.69, 9.17) is 11.5 Å². The van der Waals surface area contributed by atoms with Gasteiger partial charge in [-0.2, -0.15) is 4.37 Å². The summed E-state index contributed by atoms with van der Waals surface area (Å²) in [5.41, 5.74) is 14.5. The van der Waals surface area contributed by atoms with Crippen LogP contribution in [0.15, 0.2) is 48.5 Å². The van der Waals surface area contributed by atoms with Gasteiger partial charge in [0.05, 0.1) is 5.69 Å². The number of anilines is 2. The Balaban J connectivity index is 1.84. The van der Waals surface area contributed by atoms with E-state index in [1.165, 1.54) is 4.90 Å². The van der Waals surface area contributed by atoms with E-state index in [1.54, 1.807) is 12.1 Å². The summed E-state index contributed by atoms with van der Waals surface area (Å²) in [6.07, 6.45) is 3.95. The summed E-state index contributed by atoms with van der Waals surface area (Å²) in [4.78, 5) is 41.0. The van der Waals surface area contributed by atoms with Gasteiger partial charge in [-0.15, -0.1) is 0 Å². The van der Waals surface area contributed by atoms with Gasteiger partial charge in [0.25, 0.3) is 11.8 Å². The molecule has 1 aromatic heterocycles. The number of hydrogen-bond acceptors (Lipinski definition) is 6. The van der Waals surface area contributed by atoms with Gasteiger partial charge in [-0.3, -0.25) is 19.3 Å². The summed E-state index contributed by atoms with van der Waals surface area (Å²) >= 11 is 0.800. The molecule has 0 aliphatic heterocycles. The van der Waals surface area contributed by atoms with Crippen LogP contribution in [0.2, 0.25) is 0 Å². The number of aryl methyl sites for hydroxylation is 2. The van der Waals surface area contributed by atoms with Crippen molar-refractivity contribution >= 4 is 40.6 Å². The van der Waals surface area contributed by atoms with Gasteiger partial charge in [-0.05, 0) is 55.9 Å². The number of carbonyl (C=O) groups excluding carboxylic acids is 3. The standard InChI is InChI=1S/C26H29N5O3S/c1-15-7-11-17(12-8-15)22(25(33)29-18-5-3-4-6-18)31(19-13-9-16(2)10-14-19)26(34)23-20(27)21(24(28)32)30-35-23/h7-14,18,22H,3-6,27H2,1-2H3,(H2,28,32)(H,29,33)/t22-/m1/s1. The number of nitrogens with one attached hydrogen (secondary N) is 1. The Labute approximate surface area is 208 Å². The topological polar surface area (TPSA) is 131 Å². The van der Waals surface area contributed by atoms with E-state index < -0.39 is 17.9 Å². The van der Waals surface area contributed by atoms with Crippen LogP contribution in [0.25, 0.3) is 0 Å². The average molecular weight is 492 g/mol. The van der Waals surface area contributed by atoms with Crippen LogP contribution >= 0.6 is 11.5 Å². The molecular formula is C26H29N5O3S. The first-order chi connectivity index (χ1) is 16.8. The molecular weight excluding hydrogens is 462 g/mol. The molecule has 5 N–H and O–H groups in total. The Morgan fingerprint density at radius 1 is 1.00 bits per heavy atom. The first-order valence-electron chi connectivity index (χ1n) is 11.6. The van der Waals surface area contributed by atoms with Crippen molar-refractivity contribution in [2.75, 3.05) is 10.6 Å². The highest BCUT2D eigenvalue weighted by Crippen LogP contribution is 2.34. The maximum atomic E-state index is 14.0. The molecule has 0 bridgehead atoms. The Morgan fingerprint density at radius 3 is 2.11 bits per heavy atom. The molecule has 1 fully saturated rings. The third-order valence-corrected chi connectivity index (χ3v) is 7.14. The van der Waals surface area contributed by atoms with Gasteiger partial charge in [0.1, 0.15) is 10.9 Å². The highest BCUT2D eigenvalue weighted by Gasteiger charge is 2.37. The maximum Gasteiger partial charge on any atom is 0.273 e. The average Bonchev–Trinajstić information content (AvgIpc) is 3.48. The lowest BCUT2D eigenvalue weighted by Gasteiger charge is -2.32. The fourth-order valence-electron chi connectivity index (χ4n) is 4.34. The molecule has 1 aliphatic rings. The van der Waals surface area contributed by atoms with Crippen molar-refractivity contribution in [3.63, 3.8) is 0 Å². The minimum Gasteiger partial charge on any atom is -0.395 e. The largest absolute Gasteiger partial charge is 0.395 e. The van der Waals surface area contributed by atoms with Crippen molar-refractivity contribution in [3.05, 3.63) is 75.8 Å². The lowest BCUT2D eigenvalue weighted by molar-refractivity contribution is -0.123. The van der Waals surface area contributed by atoms with Crippen molar-refractivity contribution < 1.29 is 14.4 Å². The molecule has 1 aliphatic carbocycles. The number of carbonyl (C=O) groups is 3. The van der Waals surface area contributed by atoms with Gasteiger partial charge in [0.15, 0.2) is 5.69 Å². The number of benzene rings is 2. The number of hydrogen-bond donors (Lipinski definition) is 3. The summed E-state index contributed by atoms with van der Waals surface area (Å²) in [5, 5.41) is 3.15. The molecule has 2 aromatic carbocycles. The first-order valence-corrected chi connectivity index (χ1v) is 12.4. The fraction of sp³-hybridized carbons (Fsp3) is 0.308. The number of nitrogens with zero attached hydrogens (tertiary/aromatic N) is 2. The second-order valence-electron chi connectivity index (χ2n) is 8.95. The molecule has 35 heavy (non-hydrogen) atoms. The molecule has 9 heteroatoms. The molecule has 0 unspecified atom stereocenters. The predicted molar refractivity (Wildman–Crippen MR) is 137 cm³/mol. The quantitative estimate of drug-likeness (QED) is 0.461. The van der Waals surface area contributed by atoms with Crippen LogP contribution in [-0.2, 0) is 4.79 Å². The van der Waals surface area contributed by atoms with E-state index in [-0.39, 0.29) is 28.2 Å². The van der Waals surface area contributed by atoms with Crippen molar-refractivity contribution in [2.45, 2.75) is 51.6 Å². The molecule has 4 rings (SSSR count). The molecule has 3 aromatic rings. The van der Waals surface area contributed by atoms with Crippen LogP contribution in [-0.4, -0.2) is 28.1 Å². The number of nitrogens with two attached hydrogens (primary N) is 2. The van der Waals surface area contributed by atoms with Crippen molar-refractivity contribution in [3.8, 4) is 0 Å². The van der Waals surface area contributed by atoms with E-state index in [2.05, 4.69) is 9.69 Å². The number of nitrogen functional groups attached to an aromatic ring is 1. The summed E-state index contributed by atoms with van der Waals surface area (Å²) in [6.45, 7) is 3.91. The fourth-order valence-corrected chi connectivity index (χ4v) is 5.09. The highest BCUT2D eigenvalue weighted by molar-refractivity contribution is 7.09. The van der Waals surface area contributed by atoms with Gasteiger partial charge in [0, 0.05) is 11.7 Å². The summed E-state index contributed by atoms with van der Waals surface area (Å²) in [6, 6.07) is 14.0. The third kappa shape index (κ3) is 5.19. The van der Waals surface area contributed by atoms with Crippen LogP contribution in [0.4, 0.5) is 11.4 Å². The Hall–Kier alpha value is -3.72. The van der Waals surface area contributed by atoms with Crippen LogP contribution in [0.1, 0.15) is 68.6 Å². The molecule has 182 valence electrons. The predicted octanol–water partition coefficient (Wildman–Crippen LogP) is 3.89. The summed E-state index contributed by atoms with van der Waals surface area (Å²) < 4.78 is 3.99. The van der Waals surface area contributed by atoms with Crippen LogP contribution in [0, 0.1) is 13.8 Å². The lowest BCUT2D eigenvalue weighted by Crippen LogP contribution is -2.46. The van der Waals surface area contributed by atoms with E-state index in [9.17, 15) is 14.4 Å². The molecule has 0 spiro atoms. The zero-order valence-corrected chi connectivity index (χ0v) is 20.6. The zero-order valence-electron chi connectivity index (χ0n) is 19.8. The normalized spacial score (nSPS) is 14.5. The van der Waals surface area contributed by atoms with Gasteiger partial charge >= 0.3 is 0 Å². The number of amides is 3. The monoisotopic (exact) mass is 491 g/mol. The molecule has 0 saturated heterocycles. The number of aromatic nitrogens is 1. The Bertz CT molecular complexity index is 1230. The zero-order chi connectivity index (χ0) is 25.1. The van der Waals surface area contributed by atoms with Crippen molar-refractivity contribution in [1.29, 1.82) is 0 Å². The number of primary amides is 1. The van der Waals surface area contributed by atoms with Gasteiger partial charge in [0.2, 0.25) is 5.91 Å². The van der Waals surface area contributed by atoms with E-state index in [0.29, 0.717) is 11.3 Å². The molecule has 1 saturated carbocycles. The molecule has 1 heterocycles. The smallest absolute Gasteiger partial charge is 0.273 e. The maximum absolute atomic E-state index is 14.0. The second kappa shape index (κ2) is 10.3. The van der Waals surface area contributed by atoms with Gasteiger partial charge in [-0.1, -0.05) is 60.4 Å². The van der Waals surface area contributed by atoms with Crippen LogP contribution < -0.4 is 21.7 Å². The van der Waals surface area contributed by atoms with Crippen molar-refractivity contribution in [2.24, 2.45) is 5.73 Å². The second-order valence-corrected chi connectivity index (χ2v) is 9.73. The minimum atomic E-state index is -0.954.